The molecule has 0 saturated carbocycles. The van der Waals surface area contributed by atoms with Gasteiger partial charge in [-0.2, -0.15) is 0 Å². The number of amides is 1. The van der Waals surface area contributed by atoms with E-state index in [1.54, 1.807) is 12.1 Å². The minimum absolute atomic E-state index is 0.0472. The minimum Gasteiger partial charge on any atom is -0.489 e. The quantitative estimate of drug-likeness (QED) is 0.518. The average Bonchev–Trinajstić information content (AvgIpc) is 2.80. The number of rotatable bonds is 4. The van der Waals surface area contributed by atoms with Crippen LogP contribution in [-0.4, -0.2) is 5.91 Å². The molecule has 0 saturated heterocycles. The number of nitrogen functional groups attached to an aromatic ring is 1. The Morgan fingerprint density at radius 3 is 2.90 bits per heavy atom. The highest BCUT2D eigenvalue weighted by Crippen LogP contribution is 2.25. The number of hydrazine groups is 1. The number of hydrogen-bond donors (Lipinski definition) is 2. The van der Waals surface area contributed by atoms with Crippen molar-refractivity contribution in [2.45, 2.75) is 13.5 Å². The molecule has 1 amide bonds. The molecule has 2 rings (SSSR count). The Morgan fingerprint density at radius 2 is 2.25 bits per heavy atom. The van der Waals surface area contributed by atoms with Gasteiger partial charge in [0.1, 0.15) is 18.2 Å². The Balaban J connectivity index is 2.08. The average molecular weight is 315 g/mol. The van der Waals surface area contributed by atoms with Crippen LogP contribution in [0.3, 0.4) is 0 Å². The molecule has 0 bridgehead atoms. The molecular formula is C13H12ClFN2O2S. The number of carbonyl (C=O) groups excluding carboxylic acids is 1. The van der Waals surface area contributed by atoms with Crippen molar-refractivity contribution in [3.05, 3.63) is 50.4 Å². The summed E-state index contributed by atoms with van der Waals surface area (Å²) in [7, 11) is 0. The second-order valence-electron chi connectivity index (χ2n) is 4.03. The van der Waals surface area contributed by atoms with Gasteiger partial charge in [-0.25, -0.2) is 10.2 Å². The van der Waals surface area contributed by atoms with Crippen molar-refractivity contribution in [1.82, 2.24) is 5.43 Å². The van der Waals surface area contributed by atoms with Crippen molar-refractivity contribution in [2.75, 3.05) is 0 Å². The van der Waals surface area contributed by atoms with Crippen molar-refractivity contribution >= 4 is 28.8 Å². The number of halogens is 2. The largest absolute Gasteiger partial charge is 0.489 e. The van der Waals surface area contributed by atoms with Crippen molar-refractivity contribution < 1.29 is 13.9 Å². The van der Waals surface area contributed by atoms with Crippen molar-refractivity contribution in [2.24, 2.45) is 5.84 Å². The van der Waals surface area contributed by atoms with Crippen molar-refractivity contribution in [1.29, 1.82) is 0 Å². The van der Waals surface area contributed by atoms with Crippen LogP contribution in [0, 0.1) is 12.7 Å². The summed E-state index contributed by atoms with van der Waals surface area (Å²) in [5.74, 6) is 4.58. The highest BCUT2D eigenvalue weighted by molar-refractivity contribution is 7.14. The van der Waals surface area contributed by atoms with Crippen LogP contribution in [-0.2, 0) is 6.61 Å². The standard InChI is InChI=1S/C13H12ClFN2O2S/c1-7-8(4-12(20-7)13(18)17-16)6-19-9-2-3-10(14)11(15)5-9/h2-5H,6,16H2,1H3,(H,17,18). The predicted molar refractivity (Wildman–Crippen MR) is 76.5 cm³/mol. The molecule has 0 fully saturated rings. The summed E-state index contributed by atoms with van der Waals surface area (Å²) in [5, 5.41) is 0.0472. The fourth-order valence-electron chi connectivity index (χ4n) is 1.57. The van der Waals surface area contributed by atoms with Gasteiger partial charge in [-0.15, -0.1) is 11.3 Å². The molecule has 3 N–H and O–H groups in total. The summed E-state index contributed by atoms with van der Waals surface area (Å²) < 4.78 is 18.7. The number of hydrogen-bond acceptors (Lipinski definition) is 4. The lowest BCUT2D eigenvalue weighted by Crippen LogP contribution is -2.29. The third-order valence-electron chi connectivity index (χ3n) is 2.66. The van der Waals surface area contributed by atoms with Crippen LogP contribution in [0.15, 0.2) is 24.3 Å². The Bertz CT molecular complexity index is 645. The molecule has 0 radical (unpaired) electrons. The smallest absolute Gasteiger partial charge is 0.275 e. The van der Waals surface area contributed by atoms with Crippen LogP contribution < -0.4 is 16.0 Å². The number of nitrogens with one attached hydrogen (secondary N) is 1. The second-order valence-corrected chi connectivity index (χ2v) is 5.69. The number of benzene rings is 1. The normalized spacial score (nSPS) is 10.4. The lowest BCUT2D eigenvalue weighted by atomic mass is 10.2. The highest BCUT2D eigenvalue weighted by atomic mass is 35.5. The van der Waals surface area contributed by atoms with Crippen LogP contribution in [0.25, 0.3) is 0 Å². The maximum absolute atomic E-state index is 13.3. The maximum Gasteiger partial charge on any atom is 0.275 e. The van der Waals surface area contributed by atoms with Crippen LogP contribution in [0.5, 0.6) is 5.75 Å². The minimum atomic E-state index is -0.533. The molecule has 0 atom stereocenters. The molecule has 20 heavy (non-hydrogen) atoms. The molecule has 7 heteroatoms. The van der Waals surface area contributed by atoms with E-state index in [0.717, 1.165) is 10.4 Å². The topological polar surface area (TPSA) is 64.4 Å². The molecule has 106 valence electrons. The maximum atomic E-state index is 13.3. The lowest BCUT2D eigenvalue weighted by Gasteiger charge is -2.06. The SMILES string of the molecule is Cc1sc(C(=O)NN)cc1COc1ccc(Cl)c(F)c1. The zero-order valence-electron chi connectivity index (χ0n) is 10.6. The van der Waals surface area contributed by atoms with Gasteiger partial charge in [0.15, 0.2) is 0 Å². The molecule has 1 aromatic carbocycles. The molecule has 0 unspecified atom stereocenters. The summed E-state index contributed by atoms with van der Waals surface area (Å²) in [6.45, 7) is 2.11. The first kappa shape index (κ1) is 14.8. The van der Waals surface area contributed by atoms with Gasteiger partial charge in [-0.05, 0) is 25.1 Å². The van der Waals surface area contributed by atoms with Crippen molar-refractivity contribution in [3.63, 3.8) is 0 Å². The van der Waals surface area contributed by atoms with E-state index < -0.39 is 5.82 Å². The molecule has 0 aliphatic rings. The first-order valence-corrected chi connectivity index (χ1v) is 6.89. The zero-order chi connectivity index (χ0) is 14.7. The van der Waals surface area contributed by atoms with Gasteiger partial charge in [0, 0.05) is 16.5 Å². The molecule has 4 nitrogen and oxygen atoms in total. The predicted octanol–water partition coefficient (Wildman–Crippen LogP) is 3.03. The summed E-state index contributed by atoms with van der Waals surface area (Å²) in [5.41, 5.74) is 2.93. The second kappa shape index (κ2) is 6.21. The van der Waals surface area contributed by atoms with Crippen LogP contribution in [0.1, 0.15) is 20.1 Å². The molecule has 0 aliphatic carbocycles. The lowest BCUT2D eigenvalue weighted by molar-refractivity contribution is 0.0957. The number of ether oxygens (including phenoxy) is 1. The molecule has 0 spiro atoms. The van der Waals surface area contributed by atoms with E-state index in [-0.39, 0.29) is 17.5 Å². The van der Waals surface area contributed by atoms with E-state index >= 15 is 0 Å². The highest BCUT2D eigenvalue weighted by Gasteiger charge is 2.12. The van der Waals surface area contributed by atoms with Crippen LogP contribution in [0.4, 0.5) is 4.39 Å². The van der Waals surface area contributed by atoms with Gasteiger partial charge in [0.2, 0.25) is 0 Å². The Labute approximate surface area is 124 Å². The van der Waals surface area contributed by atoms with Gasteiger partial charge in [-0.1, -0.05) is 11.6 Å². The first-order valence-electron chi connectivity index (χ1n) is 5.69. The number of thiophene rings is 1. The van der Waals surface area contributed by atoms with E-state index in [4.69, 9.17) is 22.2 Å². The summed E-state index contributed by atoms with van der Waals surface area (Å²) in [4.78, 5) is 12.9. The fraction of sp³-hybridized carbons (Fsp3) is 0.154. The van der Waals surface area contributed by atoms with E-state index in [1.165, 1.54) is 23.5 Å². The van der Waals surface area contributed by atoms with Crippen molar-refractivity contribution in [3.8, 4) is 5.75 Å². The van der Waals surface area contributed by atoms with E-state index in [0.29, 0.717) is 10.6 Å². The zero-order valence-corrected chi connectivity index (χ0v) is 12.1. The summed E-state index contributed by atoms with van der Waals surface area (Å²) in [6, 6.07) is 5.94. The first-order chi connectivity index (χ1) is 9.51. The molecular weight excluding hydrogens is 303 g/mol. The third-order valence-corrected chi connectivity index (χ3v) is 4.06. The van der Waals surface area contributed by atoms with Gasteiger partial charge >= 0.3 is 0 Å². The molecule has 0 aliphatic heterocycles. The van der Waals surface area contributed by atoms with Crippen LogP contribution in [0.2, 0.25) is 5.02 Å². The number of carbonyl (C=O) groups is 1. The Kier molecular flexibility index (Phi) is 4.59. The van der Waals surface area contributed by atoms with Gasteiger partial charge in [-0.3, -0.25) is 10.2 Å². The monoisotopic (exact) mass is 314 g/mol. The van der Waals surface area contributed by atoms with Crippen LogP contribution >= 0.6 is 22.9 Å². The van der Waals surface area contributed by atoms with E-state index in [9.17, 15) is 9.18 Å². The van der Waals surface area contributed by atoms with E-state index in [2.05, 4.69) is 5.43 Å². The number of aryl methyl sites for hydroxylation is 1. The number of nitrogens with two attached hydrogens (primary N) is 1. The third kappa shape index (κ3) is 3.27. The van der Waals surface area contributed by atoms with Gasteiger partial charge in [0.05, 0.1) is 9.90 Å². The van der Waals surface area contributed by atoms with E-state index in [1.807, 2.05) is 6.92 Å². The fourth-order valence-corrected chi connectivity index (χ4v) is 2.62. The summed E-state index contributed by atoms with van der Waals surface area (Å²) >= 11 is 6.91. The Hall–Kier alpha value is -1.63. The molecule has 1 aromatic heterocycles. The summed E-state index contributed by atoms with van der Waals surface area (Å²) in [6.07, 6.45) is 0. The van der Waals surface area contributed by atoms with Gasteiger partial charge in [0.25, 0.3) is 5.91 Å². The van der Waals surface area contributed by atoms with Gasteiger partial charge < -0.3 is 4.74 Å². The molecule has 1 heterocycles. The Morgan fingerprint density at radius 1 is 1.50 bits per heavy atom. The molecule has 2 aromatic rings.